The Morgan fingerprint density at radius 2 is 2.05 bits per heavy atom. The summed E-state index contributed by atoms with van der Waals surface area (Å²) in [5, 5.41) is 9.44. The van der Waals surface area contributed by atoms with Gasteiger partial charge in [-0.2, -0.15) is 0 Å². The van der Waals surface area contributed by atoms with Gasteiger partial charge >= 0.3 is 0 Å². The molecule has 4 aromatic rings. The van der Waals surface area contributed by atoms with E-state index in [0.29, 0.717) is 40.5 Å². The zero-order valence-electron chi connectivity index (χ0n) is 21.2. The van der Waals surface area contributed by atoms with Gasteiger partial charge in [0.05, 0.1) is 22.4 Å². The van der Waals surface area contributed by atoms with E-state index in [2.05, 4.69) is 38.1 Å². The maximum atomic E-state index is 13.6. The van der Waals surface area contributed by atoms with Crippen molar-refractivity contribution in [3.05, 3.63) is 87.3 Å². The number of amides is 1. The molecular formula is C28H28BrClFN5O2. The van der Waals surface area contributed by atoms with Crippen LogP contribution in [0.1, 0.15) is 62.2 Å². The lowest BCUT2D eigenvalue weighted by atomic mass is 9.89. The van der Waals surface area contributed by atoms with Gasteiger partial charge < -0.3 is 9.32 Å². The van der Waals surface area contributed by atoms with Gasteiger partial charge in [0.25, 0.3) is 0 Å². The zero-order chi connectivity index (χ0) is 26.8. The number of hydrogen-bond donors (Lipinski definition) is 0. The molecule has 1 aliphatic rings. The first-order chi connectivity index (χ1) is 18.3. The Balaban J connectivity index is 1.15. The molecule has 2 aromatic carbocycles. The lowest BCUT2D eigenvalue weighted by Crippen LogP contribution is -2.44. The number of hydrogen-bond acceptors (Lipinski definition) is 5. The number of aromatic nitrogens is 4. The molecule has 10 heteroatoms. The van der Waals surface area contributed by atoms with E-state index in [9.17, 15) is 9.18 Å². The van der Waals surface area contributed by atoms with E-state index in [-0.39, 0.29) is 29.7 Å². The van der Waals surface area contributed by atoms with Crippen LogP contribution in [0.3, 0.4) is 0 Å². The van der Waals surface area contributed by atoms with Crippen molar-refractivity contribution < 1.29 is 13.6 Å². The highest BCUT2D eigenvalue weighted by molar-refractivity contribution is 9.10. The molecule has 0 N–H and O–H groups in total. The first kappa shape index (κ1) is 26.6. The number of benzene rings is 2. The van der Waals surface area contributed by atoms with Crippen LogP contribution < -0.4 is 0 Å². The second kappa shape index (κ2) is 11.4. The average Bonchev–Trinajstić information content (AvgIpc) is 3.59. The van der Waals surface area contributed by atoms with Crippen molar-refractivity contribution in [1.82, 2.24) is 24.9 Å². The number of aryl methyl sites for hydroxylation is 1. The van der Waals surface area contributed by atoms with Crippen molar-refractivity contribution in [2.75, 3.05) is 6.54 Å². The Kier molecular flexibility index (Phi) is 7.95. The quantitative estimate of drug-likeness (QED) is 0.233. The standard InChI is InChI=1S/C28H28BrClFN5O2/c1-17-13-21(25-16-36(34-33-25)18(2)20-5-8-24(31)23(29)14-20)11-12-35(17)28(37)10-9-27-32-15-26(38-27)19-3-6-22(30)7-4-19/h3-8,14-18,21H,9-13H2,1-2H3/t17?,18-,21?/m1/s1. The maximum absolute atomic E-state index is 13.6. The van der Waals surface area contributed by atoms with Crippen LogP contribution in [0.2, 0.25) is 5.02 Å². The highest BCUT2D eigenvalue weighted by atomic mass is 79.9. The van der Waals surface area contributed by atoms with Gasteiger partial charge in [-0.15, -0.1) is 5.10 Å². The molecule has 1 aliphatic heterocycles. The van der Waals surface area contributed by atoms with Crippen molar-refractivity contribution in [3.8, 4) is 11.3 Å². The molecule has 0 saturated carbocycles. The van der Waals surface area contributed by atoms with E-state index < -0.39 is 0 Å². The van der Waals surface area contributed by atoms with E-state index >= 15 is 0 Å². The van der Waals surface area contributed by atoms with Crippen molar-refractivity contribution in [3.63, 3.8) is 0 Å². The fraction of sp³-hybridized carbons (Fsp3) is 0.357. The minimum absolute atomic E-state index is 0.0809. The topological polar surface area (TPSA) is 77.1 Å². The summed E-state index contributed by atoms with van der Waals surface area (Å²) in [4.78, 5) is 19.3. The van der Waals surface area contributed by atoms with Gasteiger partial charge in [-0.25, -0.2) is 14.1 Å². The smallest absolute Gasteiger partial charge is 0.223 e. The Labute approximate surface area is 234 Å². The lowest BCUT2D eigenvalue weighted by molar-refractivity contribution is -0.134. The molecule has 5 rings (SSSR count). The van der Waals surface area contributed by atoms with Gasteiger partial charge in [0, 0.05) is 48.1 Å². The summed E-state index contributed by atoms with van der Waals surface area (Å²) in [7, 11) is 0. The summed E-state index contributed by atoms with van der Waals surface area (Å²) in [6.45, 7) is 4.75. The monoisotopic (exact) mass is 599 g/mol. The lowest BCUT2D eigenvalue weighted by Gasteiger charge is -2.37. The van der Waals surface area contributed by atoms with Crippen LogP contribution >= 0.6 is 27.5 Å². The number of piperidine rings is 1. The maximum Gasteiger partial charge on any atom is 0.223 e. The first-order valence-corrected chi connectivity index (χ1v) is 13.8. The number of oxazole rings is 1. The van der Waals surface area contributed by atoms with E-state index in [4.69, 9.17) is 16.0 Å². The van der Waals surface area contributed by atoms with Crippen molar-refractivity contribution in [1.29, 1.82) is 0 Å². The normalized spacial score (nSPS) is 18.5. The van der Waals surface area contributed by atoms with Crippen molar-refractivity contribution in [2.24, 2.45) is 0 Å². The Morgan fingerprint density at radius 1 is 1.26 bits per heavy atom. The summed E-state index contributed by atoms with van der Waals surface area (Å²) in [5.74, 6) is 1.24. The zero-order valence-corrected chi connectivity index (χ0v) is 23.5. The first-order valence-electron chi connectivity index (χ1n) is 12.6. The predicted octanol–water partition coefficient (Wildman–Crippen LogP) is 6.82. The number of likely N-dealkylation sites (tertiary alicyclic amines) is 1. The third kappa shape index (κ3) is 5.83. The minimum atomic E-state index is -0.293. The number of carbonyl (C=O) groups excluding carboxylic acids is 1. The highest BCUT2D eigenvalue weighted by Crippen LogP contribution is 2.32. The van der Waals surface area contributed by atoms with Crippen LogP contribution in [0.4, 0.5) is 4.39 Å². The molecule has 1 fully saturated rings. The molecule has 0 spiro atoms. The summed E-state index contributed by atoms with van der Waals surface area (Å²) >= 11 is 9.21. The molecule has 1 amide bonds. The van der Waals surface area contributed by atoms with Gasteiger partial charge in [0.1, 0.15) is 5.82 Å². The fourth-order valence-electron chi connectivity index (χ4n) is 4.93. The molecule has 3 heterocycles. The molecule has 1 saturated heterocycles. The van der Waals surface area contributed by atoms with E-state index in [0.717, 1.165) is 29.7 Å². The third-order valence-corrected chi connectivity index (χ3v) is 8.06. The number of rotatable bonds is 7. The SMILES string of the molecule is CC1CC(c2cn([C@H](C)c3ccc(F)c(Br)c3)nn2)CCN1C(=O)CCc1ncc(-c2ccc(Cl)cc2)o1. The van der Waals surface area contributed by atoms with E-state index in [1.165, 1.54) is 6.07 Å². The summed E-state index contributed by atoms with van der Waals surface area (Å²) in [6, 6.07) is 12.4. The van der Waals surface area contributed by atoms with Crippen LogP contribution in [-0.2, 0) is 11.2 Å². The van der Waals surface area contributed by atoms with Crippen molar-refractivity contribution >= 4 is 33.4 Å². The van der Waals surface area contributed by atoms with Crippen LogP contribution in [0, 0.1) is 5.82 Å². The Hall–Kier alpha value is -3.04. The predicted molar refractivity (Wildman–Crippen MR) is 146 cm³/mol. The van der Waals surface area contributed by atoms with Gasteiger partial charge in [-0.3, -0.25) is 4.79 Å². The number of nitrogens with zero attached hydrogens (tertiary/aromatic N) is 5. The van der Waals surface area contributed by atoms with E-state index in [1.807, 2.05) is 34.8 Å². The average molecular weight is 601 g/mol. The summed E-state index contributed by atoms with van der Waals surface area (Å²) in [5.41, 5.74) is 2.76. The minimum Gasteiger partial charge on any atom is -0.441 e. The molecule has 38 heavy (non-hydrogen) atoms. The summed E-state index contributed by atoms with van der Waals surface area (Å²) in [6.07, 6.45) is 6.09. The Morgan fingerprint density at radius 3 is 2.79 bits per heavy atom. The molecule has 0 radical (unpaired) electrons. The van der Waals surface area contributed by atoms with Gasteiger partial charge in [-0.05, 0) is 84.6 Å². The second-order valence-corrected chi connectivity index (χ2v) is 11.0. The molecule has 7 nitrogen and oxygen atoms in total. The fourth-order valence-corrected chi connectivity index (χ4v) is 5.46. The number of carbonyl (C=O) groups is 1. The largest absolute Gasteiger partial charge is 0.441 e. The molecule has 3 atom stereocenters. The molecule has 2 unspecified atom stereocenters. The molecule has 0 aliphatic carbocycles. The van der Waals surface area contributed by atoms with Crippen LogP contribution in [0.5, 0.6) is 0 Å². The van der Waals surface area contributed by atoms with Gasteiger partial charge in [-0.1, -0.05) is 22.9 Å². The summed E-state index contributed by atoms with van der Waals surface area (Å²) < 4.78 is 21.7. The number of halogens is 3. The van der Waals surface area contributed by atoms with E-state index in [1.54, 1.807) is 30.5 Å². The van der Waals surface area contributed by atoms with Crippen LogP contribution in [-0.4, -0.2) is 43.4 Å². The van der Waals surface area contributed by atoms with Crippen LogP contribution in [0.25, 0.3) is 11.3 Å². The highest BCUT2D eigenvalue weighted by Gasteiger charge is 2.31. The van der Waals surface area contributed by atoms with Crippen molar-refractivity contribution in [2.45, 2.75) is 57.5 Å². The molecular weight excluding hydrogens is 573 g/mol. The van der Waals surface area contributed by atoms with Gasteiger partial charge in [0.2, 0.25) is 5.91 Å². The van der Waals surface area contributed by atoms with Gasteiger partial charge in [0.15, 0.2) is 11.7 Å². The Bertz CT molecular complexity index is 1420. The molecule has 0 bridgehead atoms. The molecule has 2 aromatic heterocycles. The van der Waals surface area contributed by atoms with Crippen LogP contribution in [0.15, 0.2) is 63.7 Å². The third-order valence-electron chi connectivity index (χ3n) is 7.20. The molecule has 198 valence electrons. The second-order valence-electron chi connectivity index (χ2n) is 9.76.